The van der Waals surface area contributed by atoms with E-state index in [1.807, 2.05) is 24.4 Å². The fourth-order valence-corrected chi connectivity index (χ4v) is 3.22. The molecule has 3 heteroatoms. The first-order chi connectivity index (χ1) is 10.7. The number of nitrogens with zero attached hydrogens (tertiary/aromatic N) is 1. The van der Waals surface area contributed by atoms with Crippen molar-refractivity contribution in [1.29, 1.82) is 0 Å². The van der Waals surface area contributed by atoms with Gasteiger partial charge < -0.3 is 5.11 Å². The highest BCUT2D eigenvalue weighted by Gasteiger charge is 2.19. The van der Waals surface area contributed by atoms with E-state index in [1.165, 1.54) is 22.3 Å². The number of carbonyl (C=O) groups is 1. The van der Waals surface area contributed by atoms with Crippen LogP contribution >= 0.6 is 0 Å². The van der Waals surface area contributed by atoms with E-state index >= 15 is 0 Å². The fraction of sp³-hybridized carbons (Fsp3) is 0.263. The van der Waals surface area contributed by atoms with Gasteiger partial charge in [-0.15, -0.1) is 0 Å². The summed E-state index contributed by atoms with van der Waals surface area (Å²) < 4.78 is 0. The minimum absolute atomic E-state index is 0.368. The molecule has 0 radical (unpaired) electrons. The van der Waals surface area contributed by atoms with Gasteiger partial charge >= 0.3 is 5.97 Å². The molecule has 0 unspecified atom stereocenters. The molecule has 0 amide bonds. The predicted molar refractivity (Wildman–Crippen MR) is 86.9 cm³/mol. The van der Waals surface area contributed by atoms with E-state index in [2.05, 4.69) is 18.0 Å². The number of aromatic nitrogens is 1. The molecular formula is C19H19NO2. The van der Waals surface area contributed by atoms with Gasteiger partial charge in [0.05, 0.1) is 5.56 Å². The van der Waals surface area contributed by atoms with Gasteiger partial charge in [0.2, 0.25) is 0 Å². The van der Waals surface area contributed by atoms with Crippen molar-refractivity contribution >= 4 is 11.5 Å². The molecule has 1 N–H and O–H groups in total. The summed E-state index contributed by atoms with van der Waals surface area (Å²) in [5.74, 6) is -0.863. The summed E-state index contributed by atoms with van der Waals surface area (Å²) in [5.41, 5.74) is 6.66. The van der Waals surface area contributed by atoms with Gasteiger partial charge in [0.1, 0.15) is 0 Å². The molecule has 112 valence electrons. The zero-order valence-corrected chi connectivity index (χ0v) is 12.7. The lowest BCUT2D eigenvalue weighted by Crippen LogP contribution is -2.09. The molecule has 0 bridgehead atoms. The number of carboxylic acids is 1. The zero-order chi connectivity index (χ0) is 15.5. The van der Waals surface area contributed by atoms with Crippen molar-refractivity contribution in [2.45, 2.75) is 32.6 Å². The van der Waals surface area contributed by atoms with Gasteiger partial charge in [0, 0.05) is 12.4 Å². The van der Waals surface area contributed by atoms with Gasteiger partial charge in [-0.25, -0.2) is 4.79 Å². The molecule has 22 heavy (non-hydrogen) atoms. The van der Waals surface area contributed by atoms with Crippen molar-refractivity contribution in [3.8, 4) is 0 Å². The maximum atomic E-state index is 11.2. The zero-order valence-electron chi connectivity index (χ0n) is 12.7. The average molecular weight is 293 g/mol. The van der Waals surface area contributed by atoms with Gasteiger partial charge in [-0.1, -0.05) is 24.6 Å². The predicted octanol–water partition coefficient (Wildman–Crippen LogP) is 4.13. The summed E-state index contributed by atoms with van der Waals surface area (Å²) in [7, 11) is 0. The van der Waals surface area contributed by atoms with Crippen LogP contribution in [0.3, 0.4) is 0 Å². The maximum absolute atomic E-state index is 11.2. The van der Waals surface area contributed by atoms with Gasteiger partial charge in [-0.05, 0) is 66.1 Å². The van der Waals surface area contributed by atoms with E-state index in [9.17, 15) is 9.90 Å². The van der Waals surface area contributed by atoms with Crippen LogP contribution in [-0.2, 0) is 12.8 Å². The number of fused-ring (bicyclic) bond motifs is 1. The second kappa shape index (κ2) is 6.14. The number of hydrogen-bond donors (Lipinski definition) is 1. The standard InChI is InChI=1S/C19H19NO2/c1-2-17-15(10-13-4-3-9-20-12-13)7-5-14-6-8-16(19(21)22)11-18(14)17/h3-4,6,8-9,11-12H,2,5,7,10H2,1H3,(H,21,22). The summed E-state index contributed by atoms with van der Waals surface area (Å²) in [6.45, 7) is 2.14. The summed E-state index contributed by atoms with van der Waals surface area (Å²) in [5, 5.41) is 9.22. The van der Waals surface area contributed by atoms with E-state index in [0.717, 1.165) is 31.2 Å². The Morgan fingerprint density at radius 1 is 1.27 bits per heavy atom. The van der Waals surface area contributed by atoms with Gasteiger partial charge in [-0.2, -0.15) is 0 Å². The molecule has 3 nitrogen and oxygen atoms in total. The normalized spacial score (nSPS) is 13.9. The van der Waals surface area contributed by atoms with Crippen LogP contribution in [-0.4, -0.2) is 16.1 Å². The van der Waals surface area contributed by atoms with Crippen molar-refractivity contribution in [2.24, 2.45) is 0 Å². The first kappa shape index (κ1) is 14.5. The Labute approximate surface area is 130 Å². The molecule has 1 aliphatic rings. The second-order valence-electron chi connectivity index (χ2n) is 5.65. The molecule has 3 rings (SSSR count). The van der Waals surface area contributed by atoms with Crippen molar-refractivity contribution in [2.75, 3.05) is 0 Å². The average Bonchev–Trinajstić information content (AvgIpc) is 2.55. The highest BCUT2D eigenvalue weighted by Crippen LogP contribution is 2.35. The molecule has 1 aromatic heterocycles. The first-order valence-corrected chi connectivity index (χ1v) is 7.65. The molecule has 2 aromatic rings. The van der Waals surface area contributed by atoms with Crippen LogP contribution in [0.25, 0.3) is 5.57 Å². The lowest BCUT2D eigenvalue weighted by Gasteiger charge is -2.23. The topological polar surface area (TPSA) is 50.2 Å². The van der Waals surface area contributed by atoms with Crippen molar-refractivity contribution in [1.82, 2.24) is 4.98 Å². The van der Waals surface area contributed by atoms with E-state index in [-0.39, 0.29) is 0 Å². The summed E-state index contributed by atoms with van der Waals surface area (Å²) in [6.07, 6.45) is 7.53. The number of aryl methyl sites for hydroxylation is 1. The molecule has 0 saturated carbocycles. The lowest BCUT2D eigenvalue weighted by molar-refractivity contribution is 0.0697. The molecule has 0 aliphatic heterocycles. The number of allylic oxidation sites excluding steroid dienone is 2. The van der Waals surface area contributed by atoms with Gasteiger partial charge in [0.25, 0.3) is 0 Å². The molecular weight excluding hydrogens is 274 g/mol. The third-order valence-corrected chi connectivity index (χ3v) is 4.30. The van der Waals surface area contributed by atoms with Crippen LogP contribution in [0.1, 0.15) is 46.8 Å². The molecule has 1 aliphatic carbocycles. The molecule has 0 atom stereocenters. The molecule has 1 heterocycles. The Hall–Kier alpha value is -2.42. The Kier molecular flexibility index (Phi) is 4.05. The quantitative estimate of drug-likeness (QED) is 0.922. The molecule has 0 saturated heterocycles. The van der Waals surface area contributed by atoms with Crippen LogP contribution in [0.4, 0.5) is 0 Å². The monoisotopic (exact) mass is 293 g/mol. The van der Waals surface area contributed by atoms with Crippen LogP contribution in [0.5, 0.6) is 0 Å². The van der Waals surface area contributed by atoms with Crippen molar-refractivity contribution in [3.05, 3.63) is 70.6 Å². The third kappa shape index (κ3) is 2.80. The summed E-state index contributed by atoms with van der Waals surface area (Å²) in [6, 6.07) is 9.56. The van der Waals surface area contributed by atoms with Gasteiger partial charge in [0.15, 0.2) is 0 Å². The molecule has 0 spiro atoms. The number of benzene rings is 1. The minimum atomic E-state index is -0.863. The van der Waals surface area contributed by atoms with Gasteiger partial charge in [-0.3, -0.25) is 4.98 Å². The number of carboxylic acid groups (broad SMARTS) is 1. The highest BCUT2D eigenvalue weighted by atomic mass is 16.4. The maximum Gasteiger partial charge on any atom is 0.335 e. The number of rotatable bonds is 4. The van der Waals surface area contributed by atoms with E-state index in [0.29, 0.717) is 5.56 Å². The third-order valence-electron chi connectivity index (χ3n) is 4.30. The number of aromatic carboxylic acids is 1. The fourth-order valence-electron chi connectivity index (χ4n) is 3.22. The molecule has 0 fully saturated rings. The smallest absolute Gasteiger partial charge is 0.335 e. The summed E-state index contributed by atoms with van der Waals surface area (Å²) >= 11 is 0. The Morgan fingerprint density at radius 3 is 2.82 bits per heavy atom. The van der Waals surface area contributed by atoms with Crippen LogP contribution < -0.4 is 0 Å². The van der Waals surface area contributed by atoms with Crippen molar-refractivity contribution in [3.63, 3.8) is 0 Å². The highest BCUT2D eigenvalue weighted by molar-refractivity contribution is 5.89. The second-order valence-corrected chi connectivity index (χ2v) is 5.65. The summed E-state index contributed by atoms with van der Waals surface area (Å²) in [4.78, 5) is 15.4. The Balaban J connectivity index is 2.02. The lowest BCUT2D eigenvalue weighted by atomic mass is 9.81. The van der Waals surface area contributed by atoms with Crippen LogP contribution in [0.15, 0.2) is 48.3 Å². The Bertz CT molecular complexity index is 732. The number of pyridine rings is 1. The first-order valence-electron chi connectivity index (χ1n) is 7.65. The molecule has 1 aromatic carbocycles. The van der Waals surface area contributed by atoms with Crippen LogP contribution in [0, 0.1) is 0 Å². The van der Waals surface area contributed by atoms with E-state index < -0.39 is 5.97 Å². The Morgan fingerprint density at radius 2 is 2.14 bits per heavy atom. The van der Waals surface area contributed by atoms with E-state index in [4.69, 9.17) is 0 Å². The van der Waals surface area contributed by atoms with Crippen molar-refractivity contribution < 1.29 is 9.90 Å². The number of hydrogen-bond acceptors (Lipinski definition) is 2. The minimum Gasteiger partial charge on any atom is -0.478 e. The SMILES string of the molecule is CCC1=C(Cc2cccnc2)CCc2ccc(C(=O)O)cc21. The van der Waals surface area contributed by atoms with E-state index in [1.54, 1.807) is 12.3 Å². The van der Waals surface area contributed by atoms with Crippen LogP contribution in [0.2, 0.25) is 0 Å². The largest absolute Gasteiger partial charge is 0.478 e.